The number of benzene rings is 5. The topological polar surface area (TPSA) is 30.9 Å². The summed E-state index contributed by atoms with van der Waals surface area (Å²) in [6.07, 6.45) is 0. The molecule has 0 aliphatic rings. The molecule has 152 valence electrons. The maximum Gasteiger partial charge on any atom is 0.0541 e. The second-order valence-electron chi connectivity index (χ2n) is 8.12. The van der Waals surface area contributed by atoms with Gasteiger partial charge in [0.05, 0.1) is 11.0 Å². The number of anilines is 1. The van der Waals surface area contributed by atoms with Crippen LogP contribution in [0.25, 0.3) is 49.7 Å². The molecule has 0 amide bonds. The van der Waals surface area contributed by atoms with Crippen molar-refractivity contribution in [2.45, 2.75) is 0 Å². The van der Waals surface area contributed by atoms with Crippen molar-refractivity contribution in [2.24, 2.45) is 0 Å². The van der Waals surface area contributed by atoms with E-state index in [1.807, 2.05) is 12.1 Å². The van der Waals surface area contributed by atoms with Crippen molar-refractivity contribution in [2.75, 3.05) is 5.73 Å². The van der Waals surface area contributed by atoms with Gasteiger partial charge < -0.3 is 10.3 Å². The van der Waals surface area contributed by atoms with E-state index in [4.69, 9.17) is 5.73 Å². The van der Waals surface area contributed by atoms with E-state index < -0.39 is 0 Å². The Balaban J connectivity index is 1.48. The van der Waals surface area contributed by atoms with E-state index in [9.17, 15) is 0 Å². The quantitative estimate of drug-likeness (QED) is 0.298. The standard InChI is InChI=1S/C30H22N2/c31-25-17-14-22(15-18-25)21-10-12-23(13-11-21)24-16-19-30-28(20-24)27-8-4-5-9-29(27)32(30)26-6-2-1-3-7-26/h1-20H,31H2. The zero-order valence-electron chi connectivity index (χ0n) is 17.6. The molecule has 1 heterocycles. The number of hydrogen-bond donors (Lipinski definition) is 1. The summed E-state index contributed by atoms with van der Waals surface area (Å²) in [7, 11) is 0. The predicted molar refractivity (Wildman–Crippen MR) is 136 cm³/mol. The number of aromatic nitrogens is 1. The Morgan fingerprint density at radius 1 is 0.438 bits per heavy atom. The van der Waals surface area contributed by atoms with Crippen LogP contribution in [0.2, 0.25) is 0 Å². The summed E-state index contributed by atoms with van der Waals surface area (Å²) < 4.78 is 2.35. The highest BCUT2D eigenvalue weighted by atomic mass is 15.0. The van der Waals surface area contributed by atoms with Crippen molar-refractivity contribution < 1.29 is 0 Å². The van der Waals surface area contributed by atoms with Crippen LogP contribution in [0.1, 0.15) is 0 Å². The molecule has 0 fully saturated rings. The Bertz CT molecular complexity index is 1540. The van der Waals surface area contributed by atoms with E-state index >= 15 is 0 Å². The highest BCUT2D eigenvalue weighted by molar-refractivity contribution is 6.10. The molecule has 6 rings (SSSR count). The smallest absolute Gasteiger partial charge is 0.0541 e. The van der Waals surface area contributed by atoms with Gasteiger partial charge in [0.15, 0.2) is 0 Å². The number of nitrogens with two attached hydrogens (primary N) is 1. The van der Waals surface area contributed by atoms with Gasteiger partial charge in [0.25, 0.3) is 0 Å². The predicted octanol–water partition coefficient (Wildman–Crippen LogP) is 7.70. The normalized spacial score (nSPS) is 11.2. The fourth-order valence-corrected chi connectivity index (χ4v) is 4.54. The zero-order valence-corrected chi connectivity index (χ0v) is 17.6. The Labute approximate surface area is 187 Å². The first-order valence-electron chi connectivity index (χ1n) is 10.8. The van der Waals surface area contributed by atoms with Gasteiger partial charge in [-0.25, -0.2) is 0 Å². The number of nitrogen functional groups attached to an aromatic ring is 1. The minimum absolute atomic E-state index is 0.785. The van der Waals surface area contributed by atoms with Crippen molar-refractivity contribution in [3.63, 3.8) is 0 Å². The SMILES string of the molecule is Nc1ccc(-c2ccc(-c3ccc4c(c3)c3ccccc3n4-c3ccccc3)cc2)cc1. The fraction of sp³-hybridized carbons (Fsp3) is 0. The Morgan fingerprint density at radius 2 is 0.969 bits per heavy atom. The van der Waals surface area contributed by atoms with Gasteiger partial charge in [-0.05, 0) is 64.7 Å². The van der Waals surface area contributed by atoms with Gasteiger partial charge in [0, 0.05) is 22.1 Å². The molecule has 5 aromatic carbocycles. The van der Waals surface area contributed by atoms with E-state index in [0.717, 1.165) is 5.69 Å². The molecule has 0 radical (unpaired) electrons. The van der Waals surface area contributed by atoms with E-state index in [1.165, 1.54) is 49.7 Å². The van der Waals surface area contributed by atoms with Crippen LogP contribution in [0.5, 0.6) is 0 Å². The summed E-state index contributed by atoms with van der Waals surface area (Å²) in [5.41, 5.74) is 15.0. The minimum Gasteiger partial charge on any atom is -0.399 e. The third-order valence-electron chi connectivity index (χ3n) is 6.15. The van der Waals surface area contributed by atoms with Crippen LogP contribution >= 0.6 is 0 Å². The number of fused-ring (bicyclic) bond motifs is 3. The molecule has 6 aromatic rings. The second kappa shape index (κ2) is 7.44. The lowest BCUT2D eigenvalue weighted by molar-refractivity contribution is 1.18. The Hall–Kier alpha value is -4.30. The highest BCUT2D eigenvalue weighted by Gasteiger charge is 2.12. The molecule has 0 atom stereocenters. The molecule has 2 heteroatoms. The molecule has 2 N–H and O–H groups in total. The average molecular weight is 411 g/mol. The summed E-state index contributed by atoms with van der Waals surface area (Å²) in [5.74, 6) is 0. The lowest BCUT2D eigenvalue weighted by Gasteiger charge is -2.08. The average Bonchev–Trinajstić information content (AvgIpc) is 3.19. The Morgan fingerprint density at radius 3 is 1.69 bits per heavy atom. The van der Waals surface area contributed by atoms with Gasteiger partial charge >= 0.3 is 0 Å². The van der Waals surface area contributed by atoms with Crippen LogP contribution in [0, 0.1) is 0 Å². The second-order valence-corrected chi connectivity index (χ2v) is 8.12. The zero-order chi connectivity index (χ0) is 21.5. The number of rotatable bonds is 3. The van der Waals surface area contributed by atoms with E-state index in [1.54, 1.807) is 0 Å². The molecule has 1 aromatic heterocycles. The first kappa shape index (κ1) is 18.5. The van der Waals surface area contributed by atoms with Crippen LogP contribution in [0.15, 0.2) is 121 Å². The molecular formula is C30H22N2. The molecule has 0 spiro atoms. The molecule has 0 unspecified atom stereocenters. The largest absolute Gasteiger partial charge is 0.399 e. The fourth-order valence-electron chi connectivity index (χ4n) is 4.54. The maximum atomic E-state index is 5.83. The summed E-state index contributed by atoms with van der Waals surface area (Å²) >= 11 is 0. The summed E-state index contributed by atoms with van der Waals surface area (Å²) in [6.45, 7) is 0. The third kappa shape index (κ3) is 3.05. The molecule has 2 nitrogen and oxygen atoms in total. The van der Waals surface area contributed by atoms with Crippen molar-refractivity contribution in [3.05, 3.63) is 121 Å². The Kier molecular flexibility index (Phi) is 4.29. The van der Waals surface area contributed by atoms with Crippen molar-refractivity contribution in [3.8, 4) is 27.9 Å². The van der Waals surface area contributed by atoms with Gasteiger partial charge in [0.1, 0.15) is 0 Å². The first-order chi connectivity index (χ1) is 15.8. The number of hydrogen-bond acceptors (Lipinski definition) is 1. The number of nitrogens with zero attached hydrogens (tertiary/aromatic N) is 1. The minimum atomic E-state index is 0.785. The van der Waals surface area contributed by atoms with Gasteiger partial charge in [0.2, 0.25) is 0 Å². The number of para-hydroxylation sites is 2. The van der Waals surface area contributed by atoms with Gasteiger partial charge in [-0.2, -0.15) is 0 Å². The van der Waals surface area contributed by atoms with E-state index in [-0.39, 0.29) is 0 Å². The summed E-state index contributed by atoms with van der Waals surface area (Å²) in [5, 5.41) is 2.54. The lowest BCUT2D eigenvalue weighted by atomic mass is 9.99. The molecule has 0 saturated heterocycles. The molecule has 0 bridgehead atoms. The van der Waals surface area contributed by atoms with Crippen molar-refractivity contribution in [1.82, 2.24) is 4.57 Å². The van der Waals surface area contributed by atoms with E-state index in [0.29, 0.717) is 0 Å². The van der Waals surface area contributed by atoms with Crippen LogP contribution in [-0.4, -0.2) is 4.57 Å². The third-order valence-corrected chi connectivity index (χ3v) is 6.15. The molecule has 32 heavy (non-hydrogen) atoms. The first-order valence-corrected chi connectivity index (χ1v) is 10.8. The maximum absolute atomic E-state index is 5.83. The summed E-state index contributed by atoms with van der Waals surface area (Å²) in [6, 6.07) is 42.7. The van der Waals surface area contributed by atoms with Crippen LogP contribution in [0.3, 0.4) is 0 Å². The van der Waals surface area contributed by atoms with Gasteiger partial charge in [-0.1, -0.05) is 78.9 Å². The highest BCUT2D eigenvalue weighted by Crippen LogP contribution is 2.35. The molecule has 0 aliphatic heterocycles. The molecular weight excluding hydrogens is 388 g/mol. The van der Waals surface area contributed by atoms with Gasteiger partial charge in [-0.15, -0.1) is 0 Å². The molecule has 0 aliphatic carbocycles. The van der Waals surface area contributed by atoms with Crippen molar-refractivity contribution >= 4 is 27.5 Å². The molecule has 0 saturated carbocycles. The monoisotopic (exact) mass is 410 g/mol. The van der Waals surface area contributed by atoms with Crippen molar-refractivity contribution in [1.29, 1.82) is 0 Å². The van der Waals surface area contributed by atoms with E-state index in [2.05, 4.69) is 114 Å². The summed E-state index contributed by atoms with van der Waals surface area (Å²) in [4.78, 5) is 0. The van der Waals surface area contributed by atoms with Crippen LogP contribution < -0.4 is 5.73 Å². The van der Waals surface area contributed by atoms with Crippen LogP contribution in [-0.2, 0) is 0 Å². The lowest BCUT2D eigenvalue weighted by Crippen LogP contribution is -1.92. The van der Waals surface area contributed by atoms with Crippen LogP contribution in [0.4, 0.5) is 5.69 Å². The van der Waals surface area contributed by atoms with Gasteiger partial charge in [-0.3, -0.25) is 0 Å².